The topological polar surface area (TPSA) is 137 Å². The second-order valence-corrected chi connectivity index (χ2v) is 10.2. The van der Waals surface area contributed by atoms with Gasteiger partial charge in [0.2, 0.25) is 0 Å². The monoisotopic (exact) mass is 537 g/mol. The summed E-state index contributed by atoms with van der Waals surface area (Å²) < 4.78 is 21.3. The fourth-order valence-electron chi connectivity index (χ4n) is 3.15. The normalized spacial score (nSPS) is 15.2. The maximum atomic E-state index is 12.8. The first-order valence-corrected chi connectivity index (χ1v) is 13.1. The molecule has 0 bridgehead atoms. The van der Waals surface area contributed by atoms with E-state index in [2.05, 4.69) is 5.32 Å². The van der Waals surface area contributed by atoms with Crippen molar-refractivity contribution in [3.63, 3.8) is 0 Å². The molecule has 0 heterocycles. The molecule has 0 amide bonds. The van der Waals surface area contributed by atoms with E-state index in [9.17, 15) is 24.3 Å². The van der Waals surface area contributed by atoms with Gasteiger partial charge in [-0.25, -0.2) is 9.59 Å². The number of carboxylic acid groups (broad SMARTS) is 1. The standard InChI is InChI=1S/C28H43NO9/c1-10-18(7)29-28(26(32)33,38-27(34)35-11-2)15-21-12-13-22(36-24(30)19(8)16(3)4)23(14-21)37-25(31)20(9)17(5)6/h12-14,16-20,29H,10-11,15H2,1-9H3,(H,32,33)/t18?,19?,20?,28-/m0/s1. The van der Waals surface area contributed by atoms with Gasteiger partial charge in [0.1, 0.15) is 0 Å². The van der Waals surface area contributed by atoms with Crippen LogP contribution in [-0.2, 0) is 30.3 Å². The third kappa shape index (κ3) is 9.31. The lowest BCUT2D eigenvalue weighted by molar-refractivity contribution is -0.167. The minimum absolute atomic E-state index is 0.000856. The van der Waals surface area contributed by atoms with E-state index < -0.39 is 41.6 Å². The molecule has 1 rings (SSSR count). The van der Waals surface area contributed by atoms with Gasteiger partial charge in [0.05, 0.1) is 18.4 Å². The van der Waals surface area contributed by atoms with Crippen LogP contribution in [-0.4, -0.2) is 47.5 Å². The first-order valence-electron chi connectivity index (χ1n) is 13.1. The van der Waals surface area contributed by atoms with Crippen molar-refractivity contribution in [2.45, 2.75) is 86.9 Å². The molecule has 38 heavy (non-hydrogen) atoms. The van der Waals surface area contributed by atoms with E-state index in [-0.39, 0.29) is 42.4 Å². The van der Waals surface area contributed by atoms with Crippen molar-refractivity contribution in [2.24, 2.45) is 23.7 Å². The number of carbonyl (C=O) groups excluding carboxylic acids is 3. The minimum atomic E-state index is -2.17. The molecule has 10 nitrogen and oxygen atoms in total. The quantitative estimate of drug-likeness (QED) is 0.190. The molecule has 0 fully saturated rings. The summed E-state index contributed by atoms with van der Waals surface area (Å²) in [7, 11) is 0. The average molecular weight is 538 g/mol. The van der Waals surface area contributed by atoms with Crippen molar-refractivity contribution in [2.75, 3.05) is 6.61 Å². The molecule has 0 saturated heterocycles. The van der Waals surface area contributed by atoms with E-state index >= 15 is 0 Å². The summed E-state index contributed by atoms with van der Waals surface area (Å²) >= 11 is 0. The van der Waals surface area contributed by atoms with Gasteiger partial charge in [0.25, 0.3) is 5.72 Å². The Balaban J connectivity index is 3.53. The van der Waals surface area contributed by atoms with Gasteiger partial charge in [-0.1, -0.05) is 54.5 Å². The maximum absolute atomic E-state index is 12.8. The molecule has 0 aliphatic carbocycles. The summed E-state index contributed by atoms with van der Waals surface area (Å²) in [5.74, 6) is -3.31. The predicted molar refractivity (Wildman–Crippen MR) is 141 cm³/mol. The second kappa shape index (κ2) is 14.7. The molecule has 0 aromatic heterocycles. The lowest BCUT2D eigenvalue weighted by Crippen LogP contribution is -2.59. The number of carboxylic acids is 1. The summed E-state index contributed by atoms with van der Waals surface area (Å²) in [4.78, 5) is 50.1. The summed E-state index contributed by atoms with van der Waals surface area (Å²) in [6, 6.07) is 4.04. The van der Waals surface area contributed by atoms with Crippen molar-refractivity contribution < 1.29 is 43.2 Å². The molecular formula is C28H43NO9. The number of aliphatic carboxylic acids is 1. The van der Waals surface area contributed by atoms with Crippen LogP contribution >= 0.6 is 0 Å². The molecule has 214 valence electrons. The maximum Gasteiger partial charge on any atom is 0.510 e. The number of carbonyl (C=O) groups is 4. The van der Waals surface area contributed by atoms with Gasteiger partial charge in [-0.3, -0.25) is 14.9 Å². The lowest BCUT2D eigenvalue weighted by Gasteiger charge is -2.32. The van der Waals surface area contributed by atoms with Gasteiger partial charge >= 0.3 is 24.1 Å². The average Bonchev–Trinajstić information content (AvgIpc) is 2.83. The highest BCUT2D eigenvalue weighted by Gasteiger charge is 2.44. The molecule has 0 aliphatic rings. The van der Waals surface area contributed by atoms with Gasteiger partial charge in [-0.2, -0.15) is 0 Å². The molecule has 3 unspecified atom stereocenters. The van der Waals surface area contributed by atoms with Crippen LogP contribution in [0, 0.1) is 23.7 Å². The molecule has 2 N–H and O–H groups in total. The van der Waals surface area contributed by atoms with E-state index in [0.717, 1.165) is 0 Å². The number of rotatable bonds is 14. The number of esters is 2. The Morgan fingerprint density at radius 3 is 1.84 bits per heavy atom. The fraction of sp³-hybridized carbons (Fsp3) is 0.643. The van der Waals surface area contributed by atoms with Crippen molar-refractivity contribution in [1.29, 1.82) is 0 Å². The van der Waals surface area contributed by atoms with Crippen LogP contribution in [0.2, 0.25) is 0 Å². The van der Waals surface area contributed by atoms with Gasteiger partial charge < -0.3 is 24.1 Å². The van der Waals surface area contributed by atoms with Gasteiger partial charge in [0, 0.05) is 12.5 Å². The van der Waals surface area contributed by atoms with Crippen LogP contribution in [0.25, 0.3) is 0 Å². The third-order valence-corrected chi connectivity index (χ3v) is 6.58. The second-order valence-electron chi connectivity index (χ2n) is 10.2. The number of hydrogen-bond donors (Lipinski definition) is 2. The van der Waals surface area contributed by atoms with Gasteiger partial charge in [-0.05, 0) is 49.8 Å². The number of ether oxygens (including phenoxy) is 4. The Bertz CT molecular complexity index is 975. The van der Waals surface area contributed by atoms with Crippen LogP contribution in [0.5, 0.6) is 11.5 Å². The van der Waals surface area contributed by atoms with E-state index in [1.807, 2.05) is 34.6 Å². The Hall–Kier alpha value is -3.14. The highest BCUT2D eigenvalue weighted by Crippen LogP contribution is 2.33. The van der Waals surface area contributed by atoms with Crippen molar-refractivity contribution in [3.8, 4) is 11.5 Å². The molecule has 0 spiro atoms. The molecule has 10 heteroatoms. The summed E-state index contributed by atoms with van der Waals surface area (Å²) in [6.45, 7) is 16.2. The summed E-state index contributed by atoms with van der Waals surface area (Å²) in [5.41, 5.74) is -1.82. The van der Waals surface area contributed by atoms with Crippen LogP contribution in [0.15, 0.2) is 18.2 Å². The zero-order valence-corrected chi connectivity index (χ0v) is 24.0. The van der Waals surface area contributed by atoms with E-state index in [4.69, 9.17) is 18.9 Å². The minimum Gasteiger partial charge on any atom is -0.477 e. The van der Waals surface area contributed by atoms with E-state index in [0.29, 0.717) is 12.0 Å². The van der Waals surface area contributed by atoms with Crippen molar-refractivity contribution >= 4 is 24.1 Å². The van der Waals surface area contributed by atoms with E-state index in [1.54, 1.807) is 27.7 Å². The van der Waals surface area contributed by atoms with Gasteiger partial charge in [-0.15, -0.1) is 0 Å². The third-order valence-electron chi connectivity index (χ3n) is 6.58. The summed E-state index contributed by atoms with van der Waals surface area (Å²) in [6.07, 6.45) is -0.914. The SMILES string of the molecule is CCOC(=O)O[C@](Cc1ccc(OC(=O)C(C)C(C)C)c(OC(=O)C(C)C(C)C)c1)(NC(C)CC)C(=O)O. The first kappa shape index (κ1) is 32.9. The first-order chi connectivity index (χ1) is 17.7. The van der Waals surface area contributed by atoms with Crippen molar-refractivity contribution in [3.05, 3.63) is 23.8 Å². The van der Waals surface area contributed by atoms with Crippen LogP contribution in [0.3, 0.4) is 0 Å². The molecular weight excluding hydrogens is 494 g/mol. The highest BCUT2D eigenvalue weighted by molar-refractivity contribution is 5.81. The molecule has 4 atom stereocenters. The zero-order chi connectivity index (χ0) is 29.2. The molecule has 0 aliphatic heterocycles. The highest BCUT2D eigenvalue weighted by atomic mass is 16.7. The smallest absolute Gasteiger partial charge is 0.477 e. The molecule has 1 aromatic carbocycles. The fourth-order valence-corrected chi connectivity index (χ4v) is 3.15. The van der Waals surface area contributed by atoms with E-state index in [1.165, 1.54) is 18.2 Å². The number of nitrogens with one attached hydrogen (secondary N) is 1. The Kier molecular flexibility index (Phi) is 12.7. The summed E-state index contributed by atoms with van der Waals surface area (Å²) in [5, 5.41) is 13.0. The largest absolute Gasteiger partial charge is 0.510 e. The van der Waals surface area contributed by atoms with Crippen LogP contribution < -0.4 is 14.8 Å². The predicted octanol–water partition coefficient (Wildman–Crippen LogP) is 4.97. The van der Waals surface area contributed by atoms with Crippen LogP contribution in [0.1, 0.15) is 74.3 Å². The zero-order valence-electron chi connectivity index (χ0n) is 24.0. The lowest BCUT2D eigenvalue weighted by atomic mass is 9.98. The molecule has 0 radical (unpaired) electrons. The number of hydrogen-bond acceptors (Lipinski definition) is 9. The molecule has 0 saturated carbocycles. The Morgan fingerprint density at radius 1 is 0.868 bits per heavy atom. The number of benzene rings is 1. The Labute approximate surface area is 225 Å². The van der Waals surface area contributed by atoms with Crippen molar-refractivity contribution in [1.82, 2.24) is 5.32 Å². The Morgan fingerprint density at radius 2 is 1.39 bits per heavy atom. The van der Waals surface area contributed by atoms with Crippen LogP contribution in [0.4, 0.5) is 4.79 Å². The molecule has 1 aromatic rings. The van der Waals surface area contributed by atoms with Gasteiger partial charge in [0.15, 0.2) is 11.5 Å².